The Morgan fingerprint density at radius 2 is 1.84 bits per heavy atom. The lowest BCUT2D eigenvalue weighted by molar-refractivity contribution is -0.156. The largest absolute Gasteiger partial charge is 0.467 e. The number of halogens is 1. The van der Waals surface area contributed by atoms with Gasteiger partial charge in [0.2, 0.25) is 0 Å². The maximum atomic E-state index is 13.4. The molecule has 1 aromatic rings. The fraction of sp³-hybridized carbons (Fsp3) is 0.333. The number of methoxy groups -OCH3 is 2. The quantitative estimate of drug-likeness (QED) is 0.759. The van der Waals surface area contributed by atoms with Gasteiger partial charge in [0.25, 0.3) is 0 Å². The van der Waals surface area contributed by atoms with E-state index in [2.05, 4.69) is 9.47 Å². The molecule has 104 valence electrons. The molecule has 1 aromatic carbocycles. The number of hydrogen-bond acceptors (Lipinski definition) is 6. The summed E-state index contributed by atoms with van der Waals surface area (Å²) in [4.78, 5) is 22.3. The summed E-state index contributed by atoms with van der Waals surface area (Å²) in [6.45, 7) is 0. The van der Waals surface area contributed by atoms with Gasteiger partial charge in [0, 0.05) is 0 Å². The maximum absolute atomic E-state index is 13.4. The topological polar surface area (TPSA) is 93.1 Å². The normalized spacial score (nSPS) is 13.5. The second-order valence-electron chi connectivity index (χ2n) is 3.64. The van der Waals surface area contributed by atoms with Crippen LogP contribution < -0.4 is 0 Å². The van der Waals surface area contributed by atoms with Crippen LogP contribution in [0.4, 0.5) is 4.39 Å². The van der Waals surface area contributed by atoms with Crippen LogP contribution in [-0.4, -0.2) is 42.5 Å². The third-order valence-electron chi connectivity index (χ3n) is 2.48. The number of aliphatic hydroxyl groups excluding tert-OH is 2. The van der Waals surface area contributed by atoms with E-state index < -0.39 is 35.5 Å². The van der Waals surface area contributed by atoms with Gasteiger partial charge in [-0.3, -0.25) is 0 Å². The third kappa shape index (κ3) is 3.27. The Bertz CT molecular complexity index is 487. The molecule has 0 heterocycles. The molecule has 2 unspecified atom stereocenters. The van der Waals surface area contributed by atoms with Gasteiger partial charge in [-0.05, 0) is 17.7 Å². The number of rotatable bonds is 4. The summed E-state index contributed by atoms with van der Waals surface area (Å²) in [6.07, 6.45) is -3.47. The van der Waals surface area contributed by atoms with Gasteiger partial charge in [0.1, 0.15) is 11.9 Å². The van der Waals surface area contributed by atoms with Crippen molar-refractivity contribution in [3.63, 3.8) is 0 Å². The molecule has 0 spiro atoms. The fourth-order valence-electron chi connectivity index (χ4n) is 1.43. The Balaban J connectivity index is 3.08. The number of hydrogen-bond donors (Lipinski definition) is 2. The van der Waals surface area contributed by atoms with E-state index in [1.165, 1.54) is 0 Å². The van der Waals surface area contributed by atoms with Crippen molar-refractivity contribution in [1.29, 1.82) is 0 Å². The van der Waals surface area contributed by atoms with Crippen LogP contribution in [0.15, 0.2) is 18.2 Å². The van der Waals surface area contributed by atoms with Gasteiger partial charge >= 0.3 is 11.9 Å². The average Bonchev–Trinajstić information content (AvgIpc) is 2.44. The van der Waals surface area contributed by atoms with E-state index in [4.69, 9.17) is 0 Å². The second kappa shape index (κ2) is 6.26. The number of esters is 2. The van der Waals surface area contributed by atoms with Crippen molar-refractivity contribution in [3.8, 4) is 0 Å². The molecule has 0 saturated heterocycles. The summed E-state index contributed by atoms with van der Waals surface area (Å²) in [6, 6.07) is 3.06. The minimum atomic E-state index is -1.83. The zero-order valence-corrected chi connectivity index (χ0v) is 10.3. The predicted octanol–water partition coefficient (Wildman–Crippen LogP) is 0.180. The second-order valence-corrected chi connectivity index (χ2v) is 3.64. The lowest BCUT2D eigenvalue weighted by Gasteiger charge is -2.16. The average molecular weight is 272 g/mol. The Morgan fingerprint density at radius 1 is 1.21 bits per heavy atom. The summed E-state index contributed by atoms with van der Waals surface area (Å²) < 4.78 is 22.0. The Hall–Kier alpha value is -1.99. The van der Waals surface area contributed by atoms with Crippen molar-refractivity contribution < 1.29 is 33.7 Å². The molecule has 0 amide bonds. The van der Waals surface area contributed by atoms with Gasteiger partial charge in [0.05, 0.1) is 19.8 Å². The lowest BCUT2D eigenvalue weighted by atomic mass is 10.0. The SMILES string of the molecule is COC(=O)c1cc(C(O)C(O)C(=O)OC)ccc1F. The summed E-state index contributed by atoms with van der Waals surface area (Å²) in [5, 5.41) is 19.2. The first-order chi connectivity index (χ1) is 8.92. The highest BCUT2D eigenvalue weighted by molar-refractivity contribution is 5.89. The highest BCUT2D eigenvalue weighted by Crippen LogP contribution is 2.21. The zero-order valence-electron chi connectivity index (χ0n) is 10.3. The molecule has 7 heteroatoms. The van der Waals surface area contributed by atoms with Crippen LogP contribution in [0.2, 0.25) is 0 Å². The smallest absolute Gasteiger partial charge is 0.340 e. The van der Waals surface area contributed by atoms with Crippen LogP contribution in [0, 0.1) is 5.82 Å². The Kier molecular flexibility index (Phi) is 4.96. The Morgan fingerprint density at radius 3 is 2.37 bits per heavy atom. The molecule has 0 saturated carbocycles. The molecule has 6 nitrogen and oxygen atoms in total. The van der Waals surface area contributed by atoms with Crippen LogP contribution in [-0.2, 0) is 14.3 Å². The zero-order chi connectivity index (χ0) is 14.6. The molecule has 19 heavy (non-hydrogen) atoms. The van der Waals surface area contributed by atoms with Crippen LogP contribution in [0.5, 0.6) is 0 Å². The van der Waals surface area contributed by atoms with E-state index >= 15 is 0 Å². The van der Waals surface area contributed by atoms with E-state index in [9.17, 15) is 24.2 Å². The number of carbonyl (C=O) groups is 2. The van der Waals surface area contributed by atoms with Gasteiger partial charge < -0.3 is 19.7 Å². The fourth-order valence-corrected chi connectivity index (χ4v) is 1.43. The van der Waals surface area contributed by atoms with Crippen molar-refractivity contribution in [2.45, 2.75) is 12.2 Å². The van der Waals surface area contributed by atoms with E-state index in [-0.39, 0.29) is 5.56 Å². The predicted molar refractivity (Wildman–Crippen MR) is 60.7 cm³/mol. The highest BCUT2D eigenvalue weighted by atomic mass is 19.1. The Labute approximate surface area is 108 Å². The number of carbonyl (C=O) groups excluding carboxylic acids is 2. The number of benzene rings is 1. The van der Waals surface area contributed by atoms with Crippen molar-refractivity contribution in [1.82, 2.24) is 0 Å². The van der Waals surface area contributed by atoms with Crippen LogP contribution in [0.25, 0.3) is 0 Å². The third-order valence-corrected chi connectivity index (χ3v) is 2.48. The van der Waals surface area contributed by atoms with Crippen molar-refractivity contribution in [3.05, 3.63) is 35.1 Å². The van der Waals surface area contributed by atoms with E-state index in [1.807, 2.05) is 0 Å². The summed E-state index contributed by atoms with van der Waals surface area (Å²) in [7, 11) is 2.12. The van der Waals surface area contributed by atoms with Gasteiger partial charge in [0.15, 0.2) is 6.10 Å². The summed E-state index contributed by atoms with van der Waals surface area (Å²) >= 11 is 0. The maximum Gasteiger partial charge on any atom is 0.340 e. The summed E-state index contributed by atoms with van der Waals surface area (Å²) in [5.74, 6) is -2.81. The first-order valence-electron chi connectivity index (χ1n) is 5.24. The van der Waals surface area contributed by atoms with E-state index in [0.717, 1.165) is 32.4 Å². The molecular formula is C12H13FO6. The molecule has 0 aliphatic carbocycles. The summed E-state index contributed by atoms with van der Waals surface area (Å²) in [5.41, 5.74) is -0.421. The van der Waals surface area contributed by atoms with Gasteiger partial charge in [-0.25, -0.2) is 14.0 Å². The van der Waals surface area contributed by atoms with Crippen molar-refractivity contribution in [2.75, 3.05) is 14.2 Å². The van der Waals surface area contributed by atoms with Gasteiger partial charge in [-0.1, -0.05) is 6.07 Å². The lowest BCUT2D eigenvalue weighted by Crippen LogP contribution is -2.29. The van der Waals surface area contributed by atoms with Gasteiger partial charge in [-0.2, -0.15) is 0 Å². The molecular weight excluding hydrogens is 259 g/mol. The molecule has 2 atom stereocenters. The molecule has 0 aromatic heterocycles. The standard InChI is InChI=1S/C12H13FO6/c1-18-11(16)7-5-6(3-4-8(7)13)9(14)10(15)12(17)19-2/h3-5,9-10,14-15H,1-2H3. The molecule has 1 rings (SSSR count). The number of ether oxygens (including phenoxy) is 2. The van der Waals surface area contributed by atoms with Crippen LogP contribution in [0.3, 0.4) is 0 Å². The van der Waals surface area contributed by atoms with Crippen molar-refractivity contribution in [2.24, 2.45) is 0 Å². The first-order valence-corrected chi connectivity index (χ1v) is 5.24. The highest BCUT2D eigenvalue weighted by Gasteiger charge is 2.27. The van der Waals surface area contributed by atoms with Gasteiger partial charge in [-0.15, -0.1) is 0 Å². The first kappa shape index (κ1) is 15.1. The molecule has 0 fully saturated rings. The number of aliphatic hydroxyl groups is 2. The molecule has 0 aliphatic rings. The monoisotopic (exact) mass is 272 g/mol. The molecule has 0 aliphatic heterocycles. The minimum Gasteiger partial charge on any atom is -0.467 e. The molecule has 0 radical (unpaired) electrons. The van der Waals surface area contributed by atoms with Crippen LogP contribution >= 0.6 is 0 Å². The van der Waals surface area contributed by atoms with E-state index in [1.54, 1.807) is 0 Å². The van der Waals surface area contributed by atoms with Crippen LogP contribution in [0.1, 0.15) is 22.0 Å². The molecule has 2 N–H and O–H groups in total. The van der Waals surface area contributed by atoms with Crippen molar-refractivity contribution >= 4 is 11.9 Å². The minimum absolute atomic E-state index is 0.0142. The molecule has 0 bridgehead atoms. The van der Waals surface area contributed by atoms with E-state index in [0.29, 0.717) is 0 Å².